The van der Waals surface area contributed by atoms with Crippen molar-refractivity contribution in [1.82, 2.24) is 10.2 Å². The van der Waals surface area contributed by atoms with Crippen LogP contribution in [0.1, 0.15) is 17.5 Å². The summed E-state index contributed by atoms with van der Waals surface area (Å²) in [6.07, 6.45) is -0.0992. The van der Waals surface area contributed by atoms with Gasteiger partial charge in [0.2, 0.25) is 0 Å². The molecule has 6 nitrogen and oxygen atoms in total. The lowest BCUT2D eigenvalue weighted by atomic mass is 10.2. The third-order valence-corrected chi connectivity index (χ3v) is 3.73. The summed E-state index contributed by atoms with van der Waals surface area (Å²) >= 11 is 0. The van der Waals surface area contributed by atoms with Crippen LogP contribution >= 0.6 is 0 Å². The Balaban J connectivity index is 1.79. The lowest BCUT2D eigenvalue weighted by Crippen LogP contribution is -2.37. The molecular weight excluding hydrogens is 339 g/mol. The van der Waals surface area contributed by atoms with Crippen molar-refractivity contribution in [3.05, 3.63) is 65.5 Å². The lowest BCUT2D eigenvalue weighted by molar-refractivity contribution is -0.137. The molecule has 0 bridgehead atoms. The molecule has 0 spiro atoms. The third kappa shape index (κ3) is 6.08. The van der Waals surface area contributed by atoms with Crippen molar-refractivity contribution in [3.63, 3.8) is 0 Å². The fourth-order valence-electron chi connectivity index (χ4n) is 2.16. The molecular formula is C19H21FN2O4. The molecule has 0 atom stereocenters. The van der Waals surface area contributed by atoms with Gasteiger partial charge in [0.25, 0.3) is 0 Å². The van der Waals surface area contributed by atoms with Gasteiger partial charge in [-0.1, -0.05) is 30.3 Å². The average Bonchev–Trinajstić information content (AvgIpc) is 2.64. The minimum atomic E-state index is -0.948. The summed E-state index contributed by atoms with van der Waals surface area (Å²) in [5.41, 5.74) is 1.34. The van der Waals surface area contributed by atoms with Crippen LogP contribution in [-0.4, -0.2) is 35.6 Å². The molecule has 2 aromatic carbocycles. The maximum atomic E-state index is 13.5. The molecule has 0 aromatic heterocycles. The number of nitrogens with zero attached hydrogens (tertiary/aromatic N) is 1. The molecule has 2 N–H and O–H groups in total. The number of amides is 2. The van der Waals surface area contributed by atoms with Crippen LogP contribution in [0.25, 0.3) is 0 Å². The van der Waals surface area contributed by atoms with Crippen molar-refractivity contribution in [2.75, 3.05) is 13.6 Å². The Hall–Kier alpha value is -3.09. The van der Waals surface area contributed by atoms with Gasteiger partial charge >= 0.3 is 12.0 Å². The Morgan fingerprint density at radius 2 is 1.85 bits per heavy atom. The summed E-state index contributed by atoms with van der Waals surface area (Å²) in [6, 6.07) is 13.2. The molecule has 26 heavy (non-hydrogen) atoms. The van der Waals surface area contributed by atoms with Crippen molar-refractivity contribution in [2.45, 2.75) is 19.6 Å². The van der Waals surface area contributed by atoms with Gasteiger partial charge in [-0.2, -0.15) is 0 Å². The summed E-state index contributed by atoms with van der Waals surface area (Å²) in [7, 11) is 1.54. The van der Waals surface area contributed by atoms with Crippen LogP contribution in [0, 0.1) is 5.82 Å². The summed E-state index contributed by atoms with van der Waals surface area (Å²) in [5.74, 6) is -0.656. The van der Waals surface area contributed by atoms with Crippen molar-refractivity contribution in [1.29, 1.82) is 0 Å². The van der Waals surface area contributed by atoms with Crippen LogP contribution in [0.4, 0.5) is 9.18 Å². The van der Waals surface area contributed by atoms with Gasteiger partial charge < -0.3 is 20.1 Å². The van der Waals surface area contributed by atoms with E-state index in [-0.39, 0.29) is 31.4 Å². The number of benzene rings is 2. The summed E-state index contributed by atoms with van der Waals surface area (Å²) < 4.78 is 19.1. The first-order valence-corrected chi connectivity index (χ1v) is 8.11. The number of hydrogen-bond acceptors (Lipinski definition) is 3. The number of nitrogens with one attached hydrogen (secondary N) is 1. The Morgan fingerprint density at radius 3 is 2.50 bits per heavy atom. The van der Waals surface area contributed by atoms with Gasteiger partial charge in [-0.3, -0.25) is 4.79 Å². The average molecular weight is 360 g/mol. The predicted octanol–water partition coefficient (Wildman–Crippen LogP) is 3.02. The predicted molar refractivity (Wildman–Crippen MR) is 94.3 cm³/mol. The van der Waals surface area contributed by atoms with Crippen LogP contribution in [0.3, 0.4) is 0 Å². The molecule has 0 aliphatic rings. The zero-order valence-electron chi connectivity index (χ0n) is 14.4. The number of aliphatic carboxylic acids is 1. The number of urea groups is 1. The normalized spacial score (nSPS) is 10.2. The first kappa shape index (κ1) is 19.2. The van der Waals surface area contributed by atoms with Gasteiger partial charge in [-0.05, 0) is 23.8 Å². The summed E-state index contributed by atoms with van der Waals surface area (Å²) in [5, 5.41) is 11.3. The van der Waals surface area contributed by atoms with Crippen molar-refractivity contribution in [3.8, 4) is 5.75 Å². The highest BCUT2D eigenvalue weighted by atomic mass is 19.1. The van der Waals surface area contributed by atoms with E-state index in [2.05, 4.69) is 5.32 Å². The second-order valence-corrected chi connectivity index (χ2v) is 5.75. The van der Waals surface area contributed by atoms with E-state index >= 15 is 0 Å². The number of carboxylic acids is 1. The molecule has 0 unspecified atom stereocenters. The third-order valence-electron chi connectivity index (χ3n) is 3.73. The van der Waals surface area contributed by atoms with Crippen molar-refractivity contribution >= 4 is 12.0 Å². The monoisotopic (exact) mass is 360 g/mol. The van der Waals surface area contributed by atoms with E-state index < -0.39 is 5.97 Å². The second-order valence-electron chi connectivity index (χ2n) is 5.75. The number of ether oxygens (including phenoxy) is 1. The van der Waals surface area contributed by atoms with Crippen molar-refractivity contribution < 1.29 is 23.8 Å². The Bertz CT molecular complexity index is 749. The molecule has 2 aromatic rings. The van der Waals surface area contributed by atoms with E-state index in [4.69, 9.17) is 9.84 Å². The van der Waals surface area contributed by atoms with E-state index in [1.807, 2.05) is 0 Å². The minimum Gasteiger partial charge on any atom is -0.489 e. The van der Waals surface area contributed by atoms with Gasteiger partial charge in [0.15, 0.2) is 0 Å². The standard InChI is InChI=1S/C19H21FN2O4/c1-22(11-10-18(23)24)19(25)21-12-14-6-8-16(9-7-14)26-13-15-4-2-3-5-17(15)20/h2-9H,10-13H2,1H3,(H,21,25)(H,23,24). The largest absolute Gasteiger partial charge is 0.489 e. The molecule has 0 saturated carbocycles. The highest BCUT2D eigenvalue weighted by Crippen LogP contribution is 2.15. The van der Waals surface area contributed by atoms with Gasteiger partial charge in [0, 0.05) is 25.7 Å². The van der Waals surface area contributed by atoms with Crippen molar-refractivity contribution in [2.24, 2.45) is 0 Å². The Morgan fingerprint density at radius 1 is 1.15 bits per heavy atom. The van der Waals surface area contributed by atoms with Crippen LogP contribution in [0.2, 0.25) is 0 Å². The maximum absolute atomic E-state index is 13.5. The molecule has 2 amide bonds. The first-order valence-electron chi connectivity index (χ1n) is 8.11. The first-order chi connectivity index (χ1) is 12.5. The number of halogens is 1. The highest BCUT2D eigenvalue weighted by Gasteiger charge is 2.09. The van der Waals surface area contributed by atoms with E-state index in [1.54, 1.807) is 42.5 Å². The van der Waals surface area contributed by atoms with Crippen LogP contribution in [-0.2, 0) is 17.9 Å². The number of carbonyl (C=O) groups is 2. The zero-order valence-corrected chi connectivity index (χ0v) is 14.4. The lowest BCUT2D eigenvalue weighted by Gasteiger charge is -2.17. The maximum Gasteiger partial charge on any atom is 0.317 e. The second kappa shape index (κ2) is 9.41. The van der Waals surface area contributed by atoms with Crippen LogP contribution in [0.5, 0.6) is 5.75 Å². The number of hydrogen-bond donors (Lipinski definition) is 2. The van der Waals surface area contributed by atoms with Crippen LogP contribution in [0.15, 0.2) is 48.5 Å². The molecule has 0 saturated heterocycles. The van der Waals surface area contributed by atoms with E-state index in [9.17, 15) is 14.0 Å². The zero-order chi connectivity index (χ0) is 18.9. The Kier molecular flexibility index (Phi) is 6.96. The smallest absolute Gasteiger partial charge is 0.317 e. The molecule has 0 aliphatic carbocycles. The Labute approximate surface area is 151 Å². The van der Waals surface area contributed by atoms with Gasteiger partial charge in [0.1, 0.15) is 18.2 Å². The molecule has 2 rings (SSSR count). The molecule has 0 heterocycles. The van der Waals surface area contributed by atoms with Gasteiger partial charge in [-0.15, -0.1) is 0 Å². The molecule has 0 radical (unpaired) electrons. The minimum absolute atomic E-state index is 0.0992. The molecule has 0 aliphatic heterocycles. The quantitative estimate of drug-likeness (QED) is 0.758. The van der Waals surface area contributed by atoms with E-state index in [1.165, 1.54) is 18.0 Å². The molecule has 0 fully saturated rings. The van der Waals surface area contributed by atoms with E-state index in [0.717, 1.165) is 5.56 Å². The SMILES string of the molecule is CN(CCC(=O)O)C(=O)NCc1ccc(OCc2ccccc2F)cc1. The topological polar surface area (TPSA) is 78.9 Å². The van der Waals surface area contributed by atoms with Gasteiger partial charge in [0.05, 0.1) is 6.42 Å². The fraction of sp³-hybridized carbons (Fsp3) is 0.263. The van der Waals surface area contributed by atoms with E-state index in [0.29, 0.717) is 17.9 Å². The number of carbonyl (C=O) groups excluding carboxylic acids is 1. The summed E-state index contributed by atoms with van der Waals surface area (Å²) in [4.78, 5) is 23.7. The number of rotatable bonds is 8. The molecule has 7 heteroatoms. The van der Waals surface area contributed by atoms with Gasteiger partial charge in [-0.25, -0.2) is 9.18 Å². The summed E-state index contributed by atoms with van der Waals surface area (Å²) in [6.45, 7) is 0.588. The highest BCUT2D eigenvalue weighted by molar-refractivity contribution is 5.75. The number of carboxylic acid groups (broad SMARTS) is 1. The van der Waals surface area contributed by atoms with Crippen LogP contribution < -0.4 is 10.1 Å². The molecule has 138 valence electrons. The fourth-order valence-corrected chi connectivity index (χ4v) is 2.16.